The van der Waals surface area contributed by atoms with Crippen LogP contribution in [0.3, 0.4) is 0 Å². The van der Waals surface area contributed by atoms with E-state index in [4.69, 9.17) is 10.5 Å². The molecule has 2 rings (SSSR count). The maximum atomic E-state index is 5.89. The van der Waals surface area contributed by atoms with Gasteiger partial charge >= 0.3 is 0 Å². The van der Waals surface area contributed by atoms with Crippen LogP contribution in [-0.4, -0.2) is 0 Å². The van der Waals surface area contributed by atoms with E-state index in [1.165, 1.54) is 5.56 Å². The van der Waals surface area contributed by atoms with Crippen molar-refractivity contribution in [2.45, 2.75) is 20.3 Å². The Morgan fingerprint density at radius 3 is 2.72 bits per heavy atom. The highest BCUT2D eigenvalue weighted by Crippen LogP contribution is 2.33. The lowest BCUT2D eigenvalue weighted by Crippen LogP contribution is -1.93. The van der Waals surface area contributed by atoms with E-state index >= 15 is 0 Å². The van der Waals surface area contributed by atoms with E-state index in [0.717, 1.165) is 33.6 Å². The van der Waals surface area contributed by atoms with E-state index in [1.807, 2.05) is 31.2 Å². The fourth-order valence-electron chi connectivity index (χ4n) is 1.70. The van der Waals surface area contributed by atoms with Crippen LogP contribution in [0.25, 0.3) is 0 Å². The Morgan fingerprint density at radius 2 is 2.00 bits per heavy atom. The first-order valence-corrected chi connectivity index (χ1v) is 6.72. The third-order valence-corrected chi connectivity index (χ3v) is 3.47. The molecule has 0 aliphatic heterocycles. The van der Waals surface area contributed by atoms with Crippen LogP contribution in [0.4, 0.5) is 5.69 Å². The molecule has 18 heavy (non-hydrogen) atoms. The van der Waals surface area contributed by atoms with E-state index in [-0.39, 0.29) is 0 Å². The van der Waals surface area contributed by atoms with Gasteiger partial charge < -0.3 is 10.5 Å². The highest BCUT2D eigenvalue weighted by atomic mass is 79.9. The topological polar surface area (TPSA) is 35.2 Å². The standard InChI is InChI=1S/C15H16BrNO/c1-3-11-5-4-6-12(8-11)18-15-7-10(2)14(17)9-13(15)16/h4-9H,3,17H2,1-2H3. The Bertz CT molecular complexity index is 566. The van der Waals surface area contributed by atoms with Gasteiger partial charge in [0.25, 0.3) is 0 Å². The van der Waals surface area contributed by atoms with Gasteiger partial charge in [0.15, 0.2) is 0 Å². The number of rotatable bonds is 3. The predicted molar refractivity (Wildman–Crippen MR) is 79.2 cm³/mol. The first kappa shape index (κ1) is 13.0. The number of nitrogen functional groups attached to an aromatic ring is 1. The van der Waals surface area contributed by atoms with Gasteiger partial charge in [-0.3, -0.25) is 0 Å². The third kappa shape index (κ3) is 2.85. The van der Waals surface area contributed by atoms with Crippen LogP contribution in [0.5, 0.6) is 11.5 Å². The number of hydrogen-bond acceptors (Lipinski definition) is 2. The number of benzene rings is 2. The van der Waals surface area contributed by atoms with Gasteiger partial charge in [0.1, 0.15) is 11.5 Å². The number of ether oxygens (including phenoxy) is 1. The summed E-state index contributed by atoms with van der Waals surface area (Å²) in [7, 11) is 0. The van der Waals surface area contributed by atoms with E-state index in [2.05, 4.69) is 35.0 Å². The monoisotopic (exact) mass is 305 g/mol. The summed E-state index contributed by atoms with van der Waals surface area (Å²) in [6.07, 6.45) is 0.999. The van der Waals surface area contributed by atoms with Crippen molar-refractivity contribution in [1.29, 1.82) is 0 Å². The molecule has 0 heterocycles. The molecule has 0 radical (unpaired) electrons. The number of halogens is 1. The Labute approximate surface area is 116 Å². The number of aryl methyl sites for hydroxylation is 2. The van der Waals surface area contributed by atoms with Crippen molar-refractivity contribution >= 4 is 21.6 Å². The average Bonchev–Trinajstić information content (AvgIpc) is 2.36. The quantitative estimate of drug-likeness (QED) is 0.835. The van der Waals surface area contributed by atoms with Gasteiger partial charge in [-0.05, 0) is 64.7 Å². The Morgan fingerprint density at radius 1 is 1.22 bits per heavy atom. The molecular weight excluding hydrogens is 290 g/mol. The van der Waals surface area contributed by atoms with E-state index in [1.54, 1.807) is 0 Å². The molecule has 0 saturated carbocycles. The lowest BCUT2D eigenvalue weighted by atomic mass is 10.1. The first-order valence-electron chi connectivity index (χ1n) is 5.92. The zero-order chi connectivity index (χ0) is 13.1. The van der Waals surface area contributed by atoms with Crippen LogP contribution in [0.15, 0.2) is 40.9 Å². The summed E-state index contributed by atoms with van der Waals surface area (Å²) in [5, 5.41) is 0. The normalized spacial score (nSPS) is 10.4. The molecule has 0 amide bonds. The Balaban J connectivity index is 2.30. The number of anilines is 1. The third-order valence-electron chi connectivity index (χ3n) is 2.86. The molecule has 0 atom stereocenters. The largest absolute Gasteiger partial charge is 0.456 e. The van der Waals surface area contributed by atoms with Gasteiger partial charge in [0.05, 0.1) is 4.47 Å². The molecule has 0 aliphatic carbocycles. The molecule has 2 aromatic carbocycles. The van der Waals surface area contributed by atoms with Crippen molar-refractivity contribution in [1.82, 2.24) is 0 Å². The van der Waals surface area contributed by atoms with Crippen molar-refractivity contribution in [3.05, 3.63) is 52.0 Å². The van der Waals surface area contributed by atoms with E-state index in [9.17, 15) is 0 Å². The smallest absolute Gasteiger partial charge is 0.142 e. The van der Waals surface area contributed by atoms with Gasteiger partial charge in [0.2, 0.25) is 0 Å². The predicted octanol–water partition coefficient (Wildman–Crippen LogP) is 4.69. The summed E-state index contributed by atoms with van der Waals surface area (Å²) < 4.78 is 6.75. The summed E-state index contributed by atoms with van der Waals surface area (Å²) in [5.74, 6) is 1.63. The van der Waals surface area contributed by atoms with E-state index < -0.39 is 0 Å². The second kappa shape index (κ2) is 5.44. The van der Waals surface area contributed by atoms with Crippen molar-refractivity contribution in [3.8, 4) is 11.5 Å². The fourth-order valence-corrected chi connectivity index (χ4v) is 2.15. The molecule has 3 heteroatoms. The second-order valence-electron chi connectivity index (χ2n) is 4.24. The molecule has 0 saturated heterocycles. The van der Waals surface area contributed by atoms with Crippen LogP contribution in [-0.2, 0) is 6.42 Å². The van der Waals surface area contributed by atoms with Gasteiger partial charge in [-0.2, -0.15) is 0 Å². The minimum Gasteiger partial charge on any atom is -0.456 e. The van der Waals surface area contributed by atoms with Crippen LogP contribution < -0.4 is 10.5 Å². The van der Waals surface area contributed by atoms with Crippen LogP contribution in [0, 0.1) is 6.92 Å². The minimum atomic E-state index is 0.761. The minimum absolute atomic E-state index is 0.761. The van der Waals surface area contributed by atoms with Crippen molar-refractivity contribution in [2.24, 2.45) is 0 Å². The van der Waals surface area contributed by atoms with Crippen LogP contribution >= 0.6 is 15.9 Å². The van der Waals surface area contributed by atoms with Crippen LogP contribution in [0.1, 0.15) is 18.1 Å². The molecule has 2 aromatic rings. The Kier molecular flexibility index (Phi) is 3.92. The molecule has 0 aromatic heterocycles. The van der Waals surface area contributed by atoms with Crippen LogP contribution in [0.2, 0.25) is 0 Å². The Hall–Kier alpha value is -1.48. The van der Waals surface area contributed by atoms with Gasteiger partial charge in [-0.15, -0.1) is 0 Å². The highest BCUT2D eigenvalue weighted by molar-refractivity contribution is 9.10. The molecule has 0 bridgehead atoms. The zero-order valence-corrected chi connectivity index (χ0v) is 12.1. The summed E-state index contributed by atoms with van der Waals surface area (Å²) >= 11 is 3.47. The second-order valence-corrected chi connectivity index (χ2v) is 5.10. The molecule has 2 nitrogen and oxygen atoms in total. The molecule has 94 valence electrons. The highest BCUT2D eigenvalue weighted by Gasteiger charge is 2.06. The first-order chi connectivity index (χ1) is 8.60. The lowest BCUT2D eigenvalue weighted by molar-refractivity contribution is 0.478. The van der Waals surface area contributed by atoms with Gasteiger partial charge in [-0.25, -0.2) is 0 Å². The summed E-state index contributed by atoms with van der Waals surface area (Å²) in [6, 6.07) is 11.9. The molecule has 2 N–H and O–H groups in total. The molecule has 0 spiro atoms. The van der Waals surface area contributed by atoms with Gasteiger partial charge in [-0.1, -0.05) is 19.1 Å². The summed E-state index contributed by atoms with van der Waals surface area (Å²) in [5.41, 5.74) is 8.88. The number of hydrogen-bond donors (Lipinski definition) is 1. The average molecular weight is 306 g/mol. The maximum Gasteiger partial charge on any atom is 0.142 e. The van der Waals surface area contributed by atoms with Crippen molar-refractivity contribution in [3.63, 3.8) is 0 Å². The molecule has 0 fully saturated rings. The molecule has 0 unspecified atom stereocenters. The van der Waals surface area contributed by atoms with Crippen molar-refractivity contribution in [2.75, 3.05) is 5.73 Å². The molecular formula is C15H16BrNO. The number of nitrogens with two attached hydrogens (primary N) is 1. The lowest BCUT2D eigenvalue weighted by Gasteiger charge is -2.11. The summed E-state index contributed by atoms with van der Waals surface area (Å²) in [4.78, 5) is 0. The maximum absolute atomic E-state index is 5.89. The van der Waals surface area contributed by atoms with Crippen molar-refractivity contribution < 1.29 is 4.74 Å². The SMILES string of the molecule is CCc1cccc(Oc2cc(C)c(N)cc2Br)c1. The zero-order valence-electron chi connectivity index (χ0n) is 10.5. The van der Waals surface area contributed by atoms with E-state index in [0.29, 0.717) is 0 Å². The summed E-state index contributed by atoms with van der Waals surface area (Å²) in [6.45, 7) is 4.10. The fraction of sp³-hybridized carbons (Fsp3) is 0.200. The van der Waals surface area contributed by atoms with Gasteiger partial charge in [0, 0.05) is 5.69 Å². The molecule has 0 aliphatic rings.